The molecule has 0 amide bonds. The van der Waals surface area contributed by atoms with Crippen molar-refractivity contribution in [3.05, 3.63) is 107 Å². The Morgan fingerprint density at radius 2 is 1.64 bits per heavy atom. The number of aryl methyl sites for hydroxylation is 1. The van der Waals surface area contributed by atoms with Crippen LogP contribution in [-0.2, 0) is 16.9 Å². The largest absolute Gasteiger partial charge is 0.549 e. The smallest absolute Gasteiger partial charge is 0.0946 e. The van der Waals surface area contributed by atoms with Crippen molar-refractivity contribution in [1.29, 1.82) is 0 Å². The molecule has 1 saturated heterocycles. The molecule has 170 valence electrons. The van der Waals surface area contributed by atoms with Gasteiger partial charge in [0.2, 0.25) is 0 Å². The molecular formula is C29H30NO3-. The van der Waals surface area contributed by atoms with Crippen molar-refractivity contribution >= 4 is 5.97 Å². The first-order valence-corrected chi connectivity index (χ1v) is 11.8. The number of rotatable bonds is 5. The lowest BCUT2D eigenvalue weighted by Gasteiger charge is -2.53. The average Bonchev–Trinajstić information content (AvgIpc) is 3.22. The Bertz CT molecular complexity index is 1110. The fourth-order valence-corrected chi connectivity index (χ4v) is 6.34. The Morgan fingerprint density at radius 3 is 2.27 bits per heavy atom. The molecule has 1 saturated carbocycles. The molecule has 4 nitrogen and oxygen atoms in total. The van der Waals surface area contributed by atoms with E-state index in [4.69, 9.17) is 0 Å². The molecule has 1 aliphatic heterocycles. The van der Waals surface area contributed by atoms with Gasteiger partial charge in [-0.3, -0.25) is 4.90 Å². The molecule has 33 heavy (non-hydrogen) atoms. The summed E-state index contributed by atoms with van der Waals surface area (Å²) >= 11 is 0. The lowest BCUT2D eigenvalue weighted by molar-refractivity contribution is -0.327. The lowest BCUT2D eigenvalue weighted by Crippen LogP contribution is -2.59. The van der Waals surface area contributed by atoms with E-state index in [1.54, 1.807) is 0 Å². The third-order valence-corrected chi connectivity index (χ3v) is 7.94. The maximum Gasteiger partial charge on any atom is 0.0946 e. The monoisotopic (exact) mass is 440 g/mol. The van der Waals surface area contributed by atoms with Crippen molar-refractivity contribution in [3.63, 3.8) is 0 Å². The van der Waals surface area contributed by atoms with Crippen LogP contribution in [0, 0.1) is 18.3 Å². The Balaban J connectivity index is 1.60. The summed E-state index contributed by atoms with van der Waals surface area (Å²) in [6, 6.07) is 27.9. The third-order valence-electron chi connectivity index (χ3n) is 7.94. The van der Waals surface area contributed by atoms with Crippen molar-refractivity contribution < 1.29 is 15.0 Å². The molecule has 4 heteroatoms. The summed E-state index contributed by atoms with van der Waals surface area (Å²) in [5.74, 6) is -1.73. The highest BCUT2D eigenvalue weighted by atomic mass is 16.4. The standard InChI is InChI=1S/C29H31NO3/c1-21-12-14-24(15-13-21)29(33)17-16-25(23-10-6-3-7-11-23)28(27(31)32)20-30(19-26(28)29)18-22-8-4-2-5-9-22/h2-15,25-26,33H,16-20H2,1H3,(H,31,32)/p-1. The summed E-state index contributed by atoms with van der Waals surface area (Å²) in [5, 5.41) is 25.2. The first kappa shape index (κ1) is 21.9. The van der Waals surface area contributed by atoms with Crippen molar-refractivity contribution in [2.75, 3.05) is 13.1 Å². The molecule has 3 aromatic carbocycles. The highest BCUT2D eigenvalue weighted by Crippen LogP contribution is 2.60. The maximum absolute atomic E-state index is 13.1. The van der Waals surface area contributed by atoms with Crippen LogP contribution in [0.5, 0.6) is 0 Å². The van der Waals surface area contributed by atoms with Gasteiger partial charge in [-0.15, -0.1) is 0 Å². The highest BCUT2D eigenvalue weighted by molar-refractivity contribution is 5.76. The van der Waals surface area contributed by atoms with Gasteiger partial charge in [0.15, 0.2) is 0 Å². The van der Waals surface area contributed by atoms with Crippen molar-refractivity contribution in [2.45, 2.75) is 37.8 Å². The van der Waals surface area contributed by atoms with Gasteiger partial charge < -0.3 is 15.0 Å². The fourth-order valence-electron chi connectivity index (χ4n) is 6.34. The lowest BCUT2D eigenvalue weighted by atomic mass is 9.53. The minimum absolute atomic E-state index is 0.208. The second-order valence-electron chi connectivity index (χ2n) is 9.83. The van der Waals surface area contributed by atoms with Gasteiger partial charge >= 0.3 is 0 Å². The van der Waals surface area contributed by atoms with Crippen molar-refractivity contribution in [2.24, 2.45) is 11.3 Å². The molecule has 1 aliphatic carbocycles. The molecule has 4 atom stereocenters. The molecule has 1 N–H and O–H groups in total. The molecule has 3 aromatic rings. The molecule has 1 heterocycles. The van der Waals surface area contributed by atoms with E-state index in [0.29, 0.717) is 32.5 Å². The van der Waals surface area contributed by atoms with Crippen LogP contribution in [0.2, 0.25) is 0 Å². The molecule has 2 fully saturated rings. The molecule has 4 unspecified atom stereocenters. The predicted octanol–water partition coefficient (Wildman–Crippen LogP) is 3.63. The van der Waals surface area contributed by atoms with Crippen LogP contribution in [0.25, 0.3) is 0 Å². The summed E-state index contributed by atoms with van der Waals surface area (Å²) in [7, 11) is 0. The quantitative estimate of drug-likeness (QED) is 0.658. The number of fused-ring (bicyclic) bond motifs is 1. The van der Waals surface area contributed by atoms with Gasteiger partial charge in [-0.2, -0.15) is 0 Å². The number of nitrogens with zero attached hydrogens (tertiary/aromatic N) is 1. The Morgan fingerprint density at radius 1 is 1.00 bits per heavy atom. The number of carbonyl (C=O) groups is 1. The number of aliphatic hydroxyl groups is 1. The van der Waals surface area contributed by atoms with Crippen LogP contribution in [-0.4, -0.2) is 29.1 Å². The van der Waals surface area contributed by atoms with Crippen LogP contribution in [0.15, 0.2) is 84.9 Å². The minimum Gasteiger partial charge on any atom is -0.549 e. The molecule has 2 aliphatic rings. The molecule has 0 spiro atoms. The van der Waals surface area contributed by atoms with Crippen LogP contribution in [0.1, 0.15) is 41.0 Å². The fraction of sp³-hybridized carbons (Fsp3) is 0.345. The van der Waals surface area contributed by atoms with E-state index in [0.717, 1.165) is 22.3 Å². The average molecular weight is 441 g/mol. The third kappa shape index (κ3) is 3.68. The summed E-state index contributed by atoms with van der Waals surface area (Å²) in [4.78, 5) is 15.3. The van der Waals surface area contributed by atoms with Crippen molar-refractivity contribution in [3.8, 4) is 0 Å². The van der Waals surface area contributed by atoms with Gasteiger partial charge in [0.1, 0.15) is 0 Å². The Labute approximate surface area is 195 Å². The number of aliphatic carboxylic acids is 1. The molecular weight excluding hydrogens is 410 g/mol. The van der Waals surface area contributed by atoms with Crippen LogP contribution >= 0.6 is 0 Å². The Hall–Kier alpha value is -2.95. The topological polar surface area (TPSA) is 63.6 Å². The molecule has 0 radical (unpaired) electrons. The van der Waals surface area contributed by atoms with E-state index < -0.39 is 22.9 Å². The number of likely N-dealkylation sites (tertiary alicyclic amines) is 1. The van der Waals surface area contributed by atoms with Crippen LogP contribution in [0.3, 0.4) is 0 Å². The first-order valence-electron chi connectivity index (χ1n) is 11.8. The van der Waals surface area contributed by atoms with Gasteiger partial charge in [0.05, 0.1) is 5.60 Å². The van der Waals surface area contributed by atoms with E-state index >= 15 is 0 Å². The predicted molar refractivity (Wildman–Crippen MR) is 126 cm³/mol. The summed E-state index contributed by atoms with van der Waals surface area (Å²) in [6.07, 6.45) is 1.12. The Kier molecular flexibility index (Phi) is 5.59. The van der Waals surface area contributed by atoms with Crippen LogP contribution in [0.4, 0.5) is 0 Å². The zero-order valence-electron chi connectivity index (χ0n) is 19.0. The van der Waals surface area contributed by atoms with E-state index in [-0.39, 0.29) is 5.92 Å². The van der Waals surface area contributed by atoms with Gasteiger partial charge in [-0.25, -0.2) is 0 Å². The van der Waals surface area contributed by atoms with Crippen LogP contribution < -0.4 is 5.11 Å². The van der Waals surface area contributed by atoms with Gasteiger partial charge in [0.25, 0.3) is 0 Å². The van der Waals surface area contributed by atoms with E-state index in [9.17, 15) is 15.0 Å². The normalized spacial score (nSPS) is 29.5. The SMILES string of the molecule is Cc1ccc(C2(O)CCC(c3ccccc3)C3(C(=O)[O-])CN(Cc4ccccc4)CC23)cc1. The highest BCUT2D eigenvalue weighted by Gasteiger charge is 2.63. The number of hydrogen-bond acceptors (Lipinski definition) is 4. The van der Waals surface area contributed by atoms with Gasteiger partial charge in [-0.1, -0.05) is 90.5 Å². The summed E-state index contributed by atoms with van der Waals surface area (Å²) in [6.45, 7) is 3.54. The zero-order chi connectivity index (χ0) is 23.1. The molecule has 0 aromatic heterocycles. The number of hydrogen-bond donors (Lipinski definition) is 1. The van der Waals surface area contributed by atoms with Crippen molar-refractivity contribution in [1.82, 2.24) is 4.90 Å². The van der Waals surface area contributed by atoms with E-state index in [2.05, 4.69) is 17.0 Å². The maximum atomic E-state index is 13.1. The van der Waals surface area contributed by atoms with Gasteiger partial charge in [0, 0.05) is 36.9 Å². The first-order chi connectivity index (χ1) is 15.9. The summed E-state index contributed by atoms with van der Waals surface area (Å²) in [5.41, 5.74) is 1.68. The van der Waals surface area contributed by atoms with E-state index in [1.165, 1.54) is 0 Å². The molecule has 5 rings (SSSR count). The van der Waals surface area contributed by atoms with Gasteiger partial charge in [-0.05, 0) is 42.4 Å². The number of benzene rings is 3. The number of carboxylic acid groups (broad SMARTS) is 1. The summed E-state index contributed by atoms with van der Waals surface area (Å²) < 4.78 is 0. The molecule has 0 bridgehead atoms. The zero-order valence-corrected chi connectivity index (χ0v) is 19.0. The number of carbonyl (C=O) groups excluding carboxylic acids is 1. The number of carboxylic acids is 1. The second-order valence-corrected chi connectivity index (χ2v) is 9.83. The van der Waals surface area contributed by atoms with E-state index in [1.807, 2.05) is 79.7 Å². The minimum atomic E-state index is -1.22. The second kappa shape index (κ2) is 8.44.